The van der Waals surface area contributed by atoms with Crippen LogP contribution >= 0.6 is 0 Å². The van der Waals surface area contributed by atoms with Crippen molar-refractivity contribution < 1.29 is 38.1 Å². The maximum Gasteiger partial charge on any atom is 0.246 e. The molecule has 0 spiro atoms. The molecule has 5 aromatic rings. The van der Waals surface area contributed by atoms with Gasteiger partial charge in [0.1, 0.15) is 24.5 Å². The number of aryl methyl sites for hydroxylation is 1. The van der Waals surface area contributed by atoms with Crippen LogP contribution in [-0.2, 0) is 35.1 Å². The van der Waals surface area contributed by atoms with Gasteiger partial charge in [0.2, 0.25) is 23.5 Å². The standard InChI is InChI=1S/C44H57N9O8/c1-30-39(61-29-46-30)32-11-9-31(10-12-32)26-45-41(56)36-25-33(54)27-53(36)42(57)40(44(2,3)4)49-38(55)28-60-24-23-59-22-21-58-20-19-50-15-17-51(18-16-50)37-13-14-52-35-8-6-5-7-34(35)47-43(52)48-37/h5-14,29,33,36,40,54H,15-28H2,1-4H3,(H,45,56)(H,49,55)/t33-,36+,40-/m1/s1. The van der Waals surface area contributed by atoms with Crippen LogP contribution in [0.15, 0.2) is 71.6 Å². The predicted molar refractivity (Wildman–Crippen MR) is 228 cm³/mol. The monoisotopic (exact) mass is 839 g/mol. The molecule has 5 heterocycles. The third-order valence-corrected chi connectivity index (χ3v) is 11.1. The molecule has 0 bridgehead atoms. The molecular weight excluding hydrogens is 783 g/mol. The number of oxazole rings is 1. The number of aliphatic hydroxyl groups is 1. The van der Waals surface area contributed by atoms with Crippen LogP contribution in [0.4, 0.5) is 5.82 Å². The minimum atomic E-state index is -0.954. The van der Waals surface area contributed by atoms with Crippen molar-refractivity contribution in [3.8, 4) is 11.3 Å². The van der Waals surface area contributed by atoms with Gasteiger partial charge in [-0.05, 0) is 36.1 Å². The number of rotatable bonds is 18. The first-order valence-electron chi connectivity index (χ1n) is 20.9. The summed E-state index contributed by atoms with van der Waals surface area (Å²) in [5, 5.41) is 16.2. The van der Waals surface area contributed by atoms with E-state index in [2.05, 4.69) is 36.5 Å². The molecule has 0 unspecified atom stereocenters. The highest BCUT2D eigenvalue weighted by molar-refractivity contribution is 5.93. The fourth-order valence-electron chi connectivity index (χ4n) is 7.70. The molecule has 3 aromatic heterocycles. The van der Waals surface area contributed by atoms with Crippen molar-refractivity contribution in [2.45, 2.75) is 58.8 Å². The number of aliphatic hydroxyl groups excluding tert-OH is 1. The van der Waals surface area contributed by atoms with E-state index >= 15 is 0 Å². The van der Waals surface area contributed by atoms with E-state index in [1.807, 2.05) is 86.8 Å². The SMILES string of the molecule is Cc1ncoc1-c1ccc(CNC(=O)[C@@H]2C[C@@H](O)CN2C(=O)[C@@H](NC(=O)COCCOCCOCCN2CCN(c3ccn4c(n3)nc3ccccc34)CC2)C(C)(C)C)cc1. The molecule has 0 aliphatic carbocycles. The van der Waals surface area contributed by atoms with E-state index in [0.717, 1.165) is 66.4 Å². The van der Waals surface area contributed by atoms with Gasteiger partial charge in [-0.2, -0.15) is 4.98 Å². The molecule has 2 fully saturated rings. The van der Waals surface area contributed by atoms with Crippen molar-refractivity contribution in [3.63, 3.8) is 0 Å². The average molecular weight is 840 g/mol. The lowest BCUT2D eigenvalue weighted by molar-refractivity contribution is -0.144. The number of para-hydroxylation sites is 2. The van der Waals surface area contributed by atoms with E-state index in [1.54, 1.807) is 0 Å². The number of carbonyl (C=O) groups is 3. The van der Waals surface area contributed by atoms with Crippen molar-refractivity contribution in [2.75, 3.05) is 83.8 Å². The number of anilines is 1. The molecule has 0 saturated carbocycles. The van der Waals surface area contributed by atoms with Crippen LogP contribution in [0, 0.1) is 12.3 Å². The van der Waals surface area contributed by atoms with Gasteiger partial charge in [-0.15, -0.1) is 0 Å². The van der Waals surface area contributed by atoms with Crippen molar-refractivity contribution in [2.24, 2.45) is 5.41 Å². The molecule has 3 atom stereocenters. The number of aromatic nitrogens is 4. The summed E-state index contributed by atoms with van der Waals surface area (Å²) in [7, 11) is 0. The Morgan fingerprint density at radius 3 is 2.36 bits per heavy atom. The van der Waals surface area contributed by atoms with E-state index in [0.29, 0.717) is 31.4 Å². The molecule has 0 radical (unpaired) electrons. The van der Waals surface area contributed by atoms with Crippen molar-refractivity contribution in [1.29, 1.82) is 0 Å². The predicted octanol–water partition coefficient (Wildman–Crippen LogP) is 2.83. The van der Waals surface area contributed by atoms with Crippen LogP contribution in [0.5, 0.6) is 0 Å². The third kappa shape index (κ3) is 11.1. The zero-order chi connectivity index (χ0) is 42.9. The van der Waals surface area contributed by atoms with Crippen LogP contribution in [0.3, 0.4) is 0 Å². The molecule has 2 aliphatic heterocycles. The summed E-state index contributed by atoms with van der Waals surface area (Å²) >= 11 is 0. The molecule has 326 valence electrons. The molecule has 2 saturated heterocycles. The number of nitrogens with zero attached hydrogens (tertiary/aromatic N) is 7. The Balaban J connectivity index is 0.755. The second-order valence-electron chi connectivity index (χ2n) is 16.6. The number of piperazine rings is 1. The Hall–Kier alpha value is -5.46. The molecule has 17 nitrogen and oxygen atoms in total. The molecule has 3 N–H and O–H groups in total. The number of amides is 3. The Morgan fingerprint density at radius 2 is 1.64 bits per heavy atom. The summed E-state index contributed by atoms with van der Waals surface area (Å²) in [6.07, 6.45) is 2.67. The number of hydrogen-bond donors (Lipinski definition) is 3. The van der Waals surface area contributed by atoms with Crippen molar-refractivity contribution in [1.82, 2.24) is 39.8 Å². The third-order valence-electron chi connectivity index (χ3n) is 11.1. The van der Waals surface area contributed by atoms with Gasteiger partial charge in [0.15, 0.2) is 12.2 Å². The van der Waals surface area contributed by atoms with Crippen LogP contribution in [0.25, 0.3) is 28.1 Å². The second kappa shape index (κ2) is 19.9. The Bertz CT molecular complexity index is 2250. The quantitative estimate of drug-likeness (QED) is 0.109. The zero-order valence-corrected chi connectivity index (χ0v) is 35.4. The smallest absolute Gasteiger partial charge is 0.246 e. The van der Waals surface area contributed by atoms with E-state index in [4.69, 9.17) is 23.6 Å². The molecular formula is C44H57N9O8. The molecule has 17 heteroatoms. The van der Waals surface area contributed by atoms with Crippen LogP contribution in [0.1, 0.15) is 38.4 Å². The van der Waals surface area contributed by atoms with Crippen molar-refractivity contribution >= 4 is 40.4 Å². The number of hydrogen-bond acceptors (Lipinski definition) is 13. The molecule has 61 heavy (non-hydrogen) atoms. The summed E-state index contributed by atoms with van der Waals surface area (Å²) in [5.74, 6) is 1.05. The molecule has 7 rings (SSSR count). The van der Waals surface area contributed by atoms with Crippen LogP contribution < -0.4 is 15.5 Å². The van der Waals surface area contributed by atoms with Gasteiger partial charge < -0.3 is 44.2 Å². The maximum atomic E-state index is 13.9. The number of nitrogens with one attached hydrogen (secondary N) is 2. The largest absolute Gasteiger partial charge is 0.443 e. The van der Waals surface area contributed by atoms with E-state index in [9.17, 15) is 19.5 Å². The van der Waals surface area contributed by atoms with Gasteiger partial charge in [0, 0.05) is 64.0 Å². The number of carbonyl (C=O) groups excluding carboxylic acids is 3. The summed E-state index contributed by atoms with van der Waals surface area (Å²) in [5.41, 5.74) is 3.82. The summed E-state index contributed by atoms with van der Waals surface area (Å²) < 4.78 is 24.5. The Morgan fingerprint density at radius 1 is 0.918 bits per heavy atom. The fraction of sp³-hybridized carbons (Fsp3) is 0.500. The van der Waals surface area contributed by atoms with E-state index < -0.39 is 35.4 Å². The lowest BCUT2D eigenvalue weighted by Crippen LogP contribution is -2.58. The normalized spacial score (nSPS) is 17.9. The van der Waals surface area contributed by atoms with Gasteiger partial charge in [-0.3, -0.25) is 23.7 Å². The van der Waals surface area contributed by atoms with E-state index in [1.165, 1.54) is 11.3 Å². The Labute approximate surface area is 355 Å². The maximum absolute atomic E-state index is 13.9. The Kier molecular flexibility index (Phi) is 14.3. The number of β-amino-alcohol motifs (C(OH)–C–C–N with tert-alkyl or cyclic N) is 1. The van der Waals surface area contributed by atoms with Crippen LogP contribution in [-0.4, -0.2) is 149 Å². The molecule has 3 amide bonds. The zero-order valence-electron chi connectivity index (χ0n) is 35.4. The highest BCUT2D eigenvalue weighted by Crippen LogP contribution is 2.27. The van der Waals surface area contributed by atoms with Crippen LogP contribution in [0.2, 0.25) is 0 Å². The van der Waals surface area contributed by atoms with Gasteiger partial charge >= 0.3 is 0 Å². The first-order chi connectivity index (χ1) is 29.4. The molecule has 2 aromatic carbocycles. The lowest BCUT2D eigenvalue weighted by Gasteiger charge is -2.35. The molecule has 2 aliphatic rings. The van der Waals surface area contributed by atoms with Gasteiger partial charge in [-0.1, -0.05) is 57.2 Å². The second-order valence-corrected chi connectivity index (χ2v) is 16.6. The van der Waals surface area contributed by atoms with Gasteiger partial charge in [0.05, 0.1) is 55.9 Å². The highest BCUT2D eigenvalue weighted by Gasteiger charge is 2.44. The minimum absolute atomic E-state index is 0.0135. The fourth-order valence-corrected chi connectivity index (χ4v) is 7.70. The summed E-state index contributed by atoms with van der Waals surface area (Å²) in [6.45, 7) is 13.7. The lowest BCUT2D eigenvalue weighted by atomic mass is 9.85. The topological polar surface area (TPSA) is 189 Å². The number of benzene rings is 2. The number of ether oxygens (including phenoxy) is 3. The van der Waals surface area contributed by atoms with Gasteiger partial charge in [0.25, 0.3) is 0 Å². The van der Waals surface area contributed by atoms with E-state index in [-0.39, 0.29) is 45.2 Å². The number of fused-ring (bicyclic) bond motifs is 3. The minimum Gasteiger partial charge on any atom is -0.443 e. The summed E-state index contributed by atoms with van der Waals surface area (Å²) in [6, 6.07) is 15.8. The average Bonchev–Trinajstić information content (AvgIpc) is 3.98. The number of imidazole rings is 1. The summed E-state index contributed by atoms with van der Waals surface area (Å²) in [4.78, 5) is 59.9. The first-order valence-corrected chi connectivity index (χ1v) is 20.9. The first kappa shape index (κ1) is 43.6. The highest BCUT2D eigenvalue weighted by atomic mass is 16.5. The van der Waals surface area contributed by atoms with Crippen molar-refractivity contribution in [3.05, 3.63) is 78.4 Å². The number of likely N-dealkylation sites (tertiary alicyclic amines) is 1. The van der Waals surface area contributed by atoms with Gasteiger partial charge in [-0.25, -0.2) is 9.97 Å².